The van der Waals surface area contributed by atoms with Crippen LogP contribution in [0.4, 0.5) is 0 Å². The number of nitrogens with two attached hydrogens (primary N) is 1. The highest BCUT2D eigenvalue weighted by Gasteiger charge is 2.47. The Morgan fingerprint density at radius 2 is 2.05 bits per heavy atom. The molecule has 4 N–H and O–H groups in total. The molecule has 208 valence electrons. The van der Waals surface area contributed by atoms with Crippen molar-refractivity contribution in [2.45, 2.75) is 57.7 Å². The molecule has 1 fully saturated rings. The molecule has 0 saturated carbocycles. The summed E-state index contributed by atoms with van der Waals surface area (Å²) in [6.45, 7) is 4.73. The van der Waals surface area contributed by atoms with Crippen LogP contribution in [-0.2, 0) is 22.7 Å². The number of carboxylic acid groups (broad SMARTS) is 1. The van der Waals surface area contributed by atoms with Crippen LogP contribution in [0.5, 0.6) is 11.5 Å². The topological polar surface area (TPSA) is 143 Å². The van der Waals surface area contributed by atoms with Crippen LogP contribution in [0, 0.1) is 5.92 Å². The zero-order chi connectivity index (χ0) is 27.1. The second-order valence-corrected chi connectivity index (χ2v) is 9.97. The van der Waals surface area contributed by atoms with E-state index in [1.54, 1.807) is 16.9 Å². The van der Waals surface area contributed by atoms with Crippen LogP contribution in [0.3, 0.4) is 0 Å². The van der Waals surface area contributed by atoms with Crippen LogP contribution in [0.2, 0.25) is 0 Å². The zero-order valence-electron chi connectivity index (χ0n) is 22.0. The first-order valence-electron chi connectivity index (χ1n) is 13.4. The highest BCUT2D eigenvalue weighted by Crippen LogP contribution is 2.44. The van der Waals surface area contributed by atoms with Crippen molar-refractivity contribution in [3.05, 3.63) is 41.7 Å². The number of ether oxygens (including phenoxy) is 2. The van der Waals surface area contributed by atoms with Crippen molar-refractivity contribution >= 4 is 11.9 Å². The van der Waals surface area contributed by atoms with Gasteiger partial charge in [0.15, 0.2) is 11.5 Å². The maximum Gasteiger partial charge on any atom is 0.308 e. The zero-order valence-corrected chi connectivity index (χ0v) is 22.0. The second kappa shape index (κ2) is 13.1. The number of rotatable bonds is 14. The van der Waals surface area contributed by atoms with Gasteiger partial charge in [-0.15, -0.1) is 0 Å². The molecule has 2 aliphatic rings. The molecule has 0 aliphatic carbocycles. The number of carbonyl (C=O) groups is 2. The predicted molar refractivity (Wildman–Crippen MR) is 140 cm³/mol. The van der Waals surface area contributed by atoms with Gasteiger partial charge in [0, 0.05) is 56.1 Å². The Kier molecular flexibility index (Phi) is 9.59. The summed E-state index contributed by atoms with van der Waals surface area (Å²) in [5.41, 5.74) is 7.04. The van der Waals surface area contributed by atoms with Gasteiger partial charge in [0.25, 0.3) is 0 Å². The first-order chi connectivity index (χ1) is 18.5. The van der Waals surface area contributed by atoms with Crippen LogP contribution in [0.15, 0.2) is 30.6 Å². The molecule has 11 heteroatoms. The molecule has 3 atom stereocenters. The lowest BCUT2D eigenvalue weighted by molar-refractivity contribution is -0.144. The molecule has 11 nitrogen and oxygen atoms in total. The standard InChI is InChI=1S/C27H39N5O6/c1-2-3-9-30(10-4-7-28)24(34)16-31-15-21(19-13-20(17-33)26-23(14-19)37-18-38-26)25(27(35)36)22(31)6-12-32-11-5-8-29-32/h5,8,11,13-14,21-22,25,33H,2-4,6-7,9-10,12,15-18,28H2,1H3,(H,35,36)/t21-,22+,25-/m1/s1. The molecule has 1 amide bonds. The molecule has 0 spiro atoms. The van der Waals surface area contributed by atoms with Crippen LogP contribution in [0.1, 0.15) is 49.7 Å². The minimum absolute atomic E-state index is 0.0116. The van der Waals surface area contributed by atoms with Gasteiger partial charge >= 0.3 is 5.97 Å². The number of aliphatic hydroxyl groups excluding tert-OH is 1. The molecule has 3 heterocycles. The minimum atomic E-state index is -0.912. The fourth-order valence-corrected chi connectivity index (χ4v) is 5.59. The number of hydrogen-bond acceptors (Lipinski definition) is 8. The van der Waals surface area contributed by atoms with Gasteiger partial charge in [-0.1, -0.05) is 13.3 Å². The Balaban J connectivity index is 1.62. The molecule has 1 aromatic carbocycles. The van der Waals surface area contributed by atoms with Crippen LogP contribution in [-0.4, -0.2) is 87.2 Å². The molecule has 0 unspecified atom stereocenters. The fourth-order valence-electron chi connectivity index (χ4n) is 5.59. The number of aromatic nitrogens is 2. The number of amides is 1. The number of benzene rings is 1. The lowest BCUT2D eigenvalue weighted by atomic mass is 9.83. The Morgan fingerprint density at radius 3 is 2.74 bits per heavy atom. The summed E-state index contributed by atoms with van der Waals surface area (Å²) in [5, 5.41) is 24.6. The highest BCUT2D eigenvalue weighted by atomic mass is 16.7. The normalized spacial score (nSPS) is 20.7. The maximum atomic E-state index is 13.5. The molecule has 0 radical (unpaired) electrons. The summed E-state index contributed by atoms with van der Waals surface area (Å²) in [6.07, 6.45) is 6.67. The Morgan fingerprint density at radius 1 is 1.24 bits per heavy atom. The van der Waals surface area contributed by atoms with Crippen molar-refractivity contribution in [2.75, 3.05) is 39.5 Å². The summed E-state index contributed by atoms with van der Waals surface area (Å²) in [6, 6.07) is 5.07. The van der Waals surface area contributed by atoms with Crippen LogP contribution in [0.25, 0.3) is 0 Å². The number of carbonyl (C=O) groups excluding carboxylic acids is 1. The molecule has 1 aromatic heterocycles. The number of fused-ring (bicyclic) bond motifs is 1. The molecular formula is C27H39N5O6. The van der Waals surface area contributed by atoms with Crippen LogP contribution >= 0.6 is 0 Å². The van der Waals surface area contributed by atoms with Gasteiger partial charge in [-0.05, 0) is 49.6 Å². The molecular weight excluding hydrogens is 490 g/mol. The van der Waals surface area contributed by atoms with E-state index in [-0.39, 0.29) is 31.9 Å². The predicted octanol–water partition coefficient (Wildman–Crippen LogP) is 1.64. The van der Waals surface area contributed by atoms with E-state index in [1.165, 1.54) is 0 Å². The summed E-state index contributed by atoms with van der Waals surface area (Å²) in [5.74, 6) is -1.07. The van der Waals surface area contributed by atoms with E-state index in [9.17, 15) is 19.8 Å². The van der Waals surface area contributed by atoms with E-state index in [0.29, 0.717) is 56.2 Å². The van der Waals surface area contributed by atoms with E-state index >= 15 is 0 Å². The average molecular weight is 530 g/mol. The molecule has 38 heavy (non-hydrogen) atoms. The number of aliphatic carboxylic acids is 1. The van der Waals surface area contributed by atoms with Crippen molar-refractivity contribution in [1.82, 2.24) is 19.6 Å². The number of hydrogen-bond donors (Lipinski definition) is 3. The lowest BCUT2D eigenvalue weighted by Crippen LogP contribution is -2.45. The smallest absolute Gasteiger partial charge is 0.308 e. The van der Waals surface area contributed by atoms with Gasteiger partial charge in [-0.25, -0.2) is 0 Å². The molecule has 4 rings (SSSR count). The number of aliphatic hydroxyl groups is 1. The van der Waals surface area contributed by atoms with Gasteiger partial charge in [0.2, 0.25) is 12.7 Å². The maximum absolute atomic E-state index is 13.5. The molecule has 1 saturated heterocycles. The Labute approximate surface area is 223 Å². The molecule has 0 bridgehead atoms. The van der Waals surface area contributed by atoms with E-state index in [1.807, 2.05) is 28.1 Å². The number of likely N-dealkylation sites (tertiary alicyclic amines) is 1. The number of aryl methyl sites for hydroxylation is 1. The molecule has 2 aliphatic heterocycles. The van der Waals surface area contributed by atoms with E-state index in [0.717, 1.165) is 24.8 Å². The monoisotopic (exact) mass is 529 g/mol. The van der Waals surface area contributed by atoms with Gasteiger partial charge in [0.05, 0.1) is 19.1 Å². The van der Waals surface area contributed by atoms with Gasteiger partial charge < -0.3 is 30.3 Å². The third-order valence-electron chi connectivity index (χ3n) is 7.52. The quantitative estimate of drug-likeness (QED) is 0.333. The minimum Gasteiger partial charge on any atom is -0.481 e. The van der Waals surface area contributed by atoms with Gasteiger partial charge in [0.1, 0.15) is 0 Å². The average Bonchev–Trinajstić information content (AvgIpc) is 3.67. The SMILES string of the molecule is CCCCN(CCCN)C(=O)CN1C[C@H](c2cc(CO)c3c(c2)OCO3)[C@@H](C(=O)O)[C@@H]1CCn1cccn1. The fraction of sp³-hybridized carbons (Fsp3) is 0.593. The first kappa shape index (κ1) is 27.9. The lowest BCUT2D eigenvalue weighted by Gasteiger charge is -2.29. The Bertz CT molecular complexity index is 1070. The van der Waals surface area contributed by atoms with Crippen molar-refractivity contribution in [1.29, 1.82) is 0 Å². The number of carboxylic acids is 1. The van der Waals surface area contributed by atoms with Crippen LogP contribution < -0.4 is 15.2 Å². The third-order valence-corrected chi connectivity index (χ3v) is 7.52. The highest BCUT2D eigenvalue weighted by molar-refractivity contribution is 5.79. The van der Waals surface area contributed by atoms with Crippen molar-refractivity contribution in [2.24, 2.45) is 11.7 Å². The molecule has 2 aromatic rings. The van der Waals surface area contributed by atoms with E-state index in [2.05, 4.69) is 12.0 Å². The summed E-state index contributed by atoms with van der Waals surface area (Å²) >= 11 is 0. The van der Waals surface area contributed by atoms with Crippen molar-refractivity contribution < 1.29 is 29.3 Å². The largest absolute Gasteiger partial charge is 0.481 e. The number of unbranched alkanes of at least 4 members (excludes halogenated alkanes) is 1. The summed E-state index contributed by atoms with van der Waals surface area (Å²) in [7, 11) is 0. The van der Waals surface area contributed by atoms with E-state index in [4.69, 9.17) is 15.2 Å². The Hall–Kier alpha value is -3.15. The van der Waals surface area contributed by atoms with Gasteiger partial charge in [-0.3, -0.25) is 19.2 Å². The van der Waals surface area contributed by atoms with Gasteiger partial charge in [-0.2, -0.15) is 5.10 Å². The second-order valence-electron chi connectivity index (χ2n) is 9.97. The third kappa shape index (κ3) is 6.28. The van der Waals surface area contributed by atoms with Crippen molar-refractivity contribution in [3.63, 3.8) is 0 Å². The first-order valence-corrected chi connectivity index (χ1v) is 13.4. The summed E-state index contributed by atoms with van der Waals surface area (Å²) < 4.78 is 12.9. The van der Waals surface area contributed by atoms with E-state index < -0.39 is 17.8 Å². The summed E-state index contributed by atoms with van der Waals surface area (Å²) in [4.78, 5) is 30.1. The van der Waals surface area contributed by atoms with Crippen molar-refractivity contribution in [3.8, 4) is 11.5 Å². The number of nitrogens with zero attached hydrogens (tertiary/aromatic N) is 4.